The highest BCUT2D eigenvalue weighted by molar-refractivity contribution is 7.07. The van der Waals surface area contributed by atoms with Crippen LogP contribution in [0.1, 0.15) is 194 Å². The molecule has 1 aliphatic rings. The van der Waals surface area contributed by atoms with Crippen molar-refractivity contribution in [2.45, 2.75) is 197 Å². The van der Waals surface area contributed by atoms with Gasteiger partial charge < -0.3 is 123 Å². The Morgan fingerprint density at radius 2 is 0.581 bits per heavy atom. The molecule has 4 rings (SSSR count). The number of carbonyl (C=O) groups excluding carboxylic acids is 12. The van der Waals surface area contributed by atoms with Gasteiger partial charge in [-0.25, -0.2) is 4.98 Å². The third-order valence-electron chi connectivity index (χ3n) is 6.78. The van der Waals surface area contributed by atoms with Gasteiger partial charge in [-0.1, -0.05) is 212 Å². The largest absolute Gasteiger partial charge is 0.344 e. The number of carbonyl (C=O) groups is 12. The van der Waals surface area contributed by atoms with Gasteiger partial charge in [-0.05, 0) is 110 Å². The summed E-state index contributed by atoms with van der Waals surface area (Å²) in [4.78, 5) is 105. The summed E-state index contributed by atoms with van der Waals surface area (Å²) < 4.78 is 0. The first-order valence-corrected chi connectivity index (χ1v) is 29.7. The Balaban J connectivity index is -0.0000000174. The molecular formula is C67H165N13O12S. The molecule has 0 spiro atoms. The fourth-order valence-electron chi connectivity index (χ4n) is 3.05. The fourth-order valence-corrected chi connectivity index (χ4v) is 3.69. The van der Waals surface area contributed by atoms with Crippen LogP contribution in [0.2, 0.25) is 0 Å². The number of hydrogen-bond acceptors (Lipinski definition) is 25. The van der Waals surface area contributed by atoms with E-state index in [1.165, 1.54) is 91.2 Å². The lowest BCUT2D eigenvalue weighted by Crippen LogP contribution is -2.33. The number of aromatic nitrogens is 1. The van der Waals surface area contributed by atoms with Gasteiger partial charge >= 0.3 is 0 Å². The maximum absolute atomic E-state index is 10.7. The van der Waals surface area contributed by atoms with Crippen molar-refractivity contribution in [1.82, 2.24) is 40.6 Å². The average molecular weight is 1380 g/mol. The van der Waals surface area contributed by atoms with Gasteiger partial charge in [-0.15, -0.1) is 11.3 Å². The van der Waals surface area contributed by atoms with Crippen LogP contribution in [-0.4, -0.2) is 146 Å². The number of thiazole rings is 1. The number of piperidine rings is 1. The predicted octanol–water partition coefficient (Wildman–Crippen LogP) is 13.3. The molecule has 0 atom stereocenters. The normalized spacial score (nSPS) is 6.73. The number of amides is 1. The van der Waals surface area contributed by atoms with Crippen LogP contribution in [0.4, 0.5) is 0 Å². The molecular weight excluding hydrogens is 1210 g/mol. The summed E-state index contributed by atoms with van der Waals surface area (Å²) in [6.07, 6.45) is 9.63. The zero-order valence-electron chi connectivity index (χ0n) is 65.7. The van der Waals surface area contributed by atoms with Crippen molar-refractivity contribution in [2.24, 2.45) is 52.2 Å². The van der Waals surface area contributed by atoms with Crippen molar-refractivity contribution in [2.75, 3.05) is 55.4 Å². The molecule has 2 heterocycles. The Morgan fingerprint density at radius 1 is 0.398 bits per heavy atom. The minimum atomic E-state index is 0. The minimum Gasteiger partial charge on any atom is -0.344 e. The smallest absolute Gasteiger partial charge is 0.219 e. The van der Waals surface area contributed by atoms with Gasteiger partial charge in [0.05, 0.1) is 11.2 Å². The summed E-state index contributed by atoms with van der Waals surface area (Å²) in [5.74, 6) is 2.83. The molecule has 576 valence electrons. The summed E-state index contributed by atoms with van der Waals surface area (Å²) >= 11 is 1.65. The Morgan fingerprint density at radius 3 is 0.667 bits per heavy atom. The van der Waals surface area contributed by atoms with Gasteiger partial charge in [-0.2, -0.15) is 0 Å². The predicted molar refractivity (Wildman–Crippen MR) is 420 cm³/mol. The van der Waals surface area contributed by atoms with Crippen molar-refractivity contribution in [3.63, 3.8) is 0 Å². The highest BCUT2D eigenvalue weighted by Crippen LogP contribution is 2.07. The number of likely N-dealkylation sites (tertiary alicyclic amines) is 1. The van der Waals surface area contributed by atoms with E-state index in [2.05, 4.69) is 176 Å². The highest BCUT2D eigenvalue weighted by Gasteiger charge is 2.11. The van der Waals surface area contributed by atoms with Crippen LogP contribution >= 0.6 is 11.3 Å². The summed E-state index contributed by atoms with van der Waals surface area (Å²) in [5, 5.41) is 2.07. The van der Waals surface area contributed by atoms with Crippen molar-refractivity contribution in [3.8, 4) is 0 Å². The topological polar surface area (TPSA) is 552 Å². The van der Waals surface area contributed by atoms with Crippen LogP contribution in [0, 0.1) is 17.8 Å². The first-order chi connectivity index (χ1) is 42.9. The van der Waals surface area contributed by atoms with Crippen molar-refractivity contribution in [3.05, 3.63) is 88.4 Å². The number of nitrogens with two attached hydrogens (primary N) is 6. The summed E-state index contributed by atoms with van der Waals surface area (Å²) in [6.45, 7) is 67.8. The second kappa shape index (κ2) is 355. The van der Waals surface area contributed by atoms with Crippen LogP contribution in [0.3, 0.4) is 0 Å². The molecule has 1 fully saturated rings. The molecule has 27 N–H and O–H groups in total. The molecule has 93 heavy (non-hydrogen) atoms. The van der Waals surface area contributed by atoms with Crippen molar-refractivity contribution < 1.29 is 57.5 Å². The van der Waals surface area contributed by atoms with Crippen LogP contribution < -0.4 is 65.2 Å². The third kappa shape index (κ3) is 402. The lowest BCUT2D eigenvalue weighted by atomic mass is 10.1. The van der Waals surface area contributed by atoms with Crippen LogP contribution in [0.5, 0.6) is 0 Å². The molecule has 0 saturated carbocycles. The highest BCUT2D eigenvalue weighted by atomic mass is 32.1. The van der Waals surface area contributed by atoms with Gasteiger partial charge in [0.2, 0.25) is 5.91 Å². The molecule has 3 aromatic rings. The first-order valence-electron chi connectivity index (χ1n) is 28.7. The van der Waals surface area contributed by atoms with E-state index >= 15 is 0 Å². The van der Waals surface area contributed by atoms with E-state index in [1.54, 1.807) is 18.3 Å². The first kappa shape index (κ1) is 191. The van der Waals surface area contributed by atoms with E-state index in [0.29, 0.717) is 0 Å². The number of hydrogen-bond donors (Lipinski definition) is 11. The molecule has 0 aliphatic carbocycles. The van der Waals surface area contributed by atoms with E-state index < -0.39 is 0 Å². The van der Waals surface area contributed by atoms with Crippen molar-refractivity contribution >= 4 is 91.9 Å². The van der Waals surface area contributed by atoms with E-state index in [1.807, 2.05) is 153 Å². The van der Waals surface area contributed by atoms with E-state index in [4.69, 9.17) is 52.7 Å². The number of rotatable bonds is 5. The maximum atomic E-state index is 10.7. The quantitative estimate of drug-likeness (QED) is 0.113. The van der Waals surface area contributed by atoms with Crippen LogP contribution in [0.15, 0.2) is 71.6 Å². The molecule has 26 heteroatoms. The van der Waals surface area contributed by atoms with E-state index in [0.717, 1.165) is 50.1 Å². The van der Waals surface area contributed by atoms with Crippen molar-refractivity contribution in [1.29, 1.82) is 0 Å². The molecule has 0 bridgehead atoms. The monoisotopic (exact) mass is 1380 g/mol. The Kier molecular flexibility index (Phi) is 729. The fraction of sp³-hybridized carbons (Fsp3) is 0.597. The van der Waals surface area contributed by atoms with Gasteiger partial charge in [0.1, 0.15) is 74.7 Å². The molecule has 1 aliphatic heterocycles. The second-order valence-electron chi connectivity index (χ2n) is 12.9. The maximum Gasteiger partial charge on any atom is 0.219 e. The Hall–Kier alpha value is -6.53. The Labute approximate surface area is 580 Å². The zero-order chi connectivity index (χ0) is 77.6. The number of benzene rings is 2. The number of nitrogens with zero attached hydrogens (tertiary/aromatic N) is 2. The molecule has 25 nitrogen and oxygen atoms in total. The lowest BCUT2D eigenvalue weighted by molar-refractivity contribution is -0.129. The van der Waals surface area contributed by atoms with E-state index in [9.17, 15) is 4.79 Å². The molecule has 1 aromatic heterocycles. The van der Waals surface area contributed by atoms with Gasteiger partial charge in [0.15, 0.2) is 0 Å². The number of aryl methyl sites for hydroxylation is 3. The molecule has 0 radical (unpaired) electrons. The molecule has 1 amide bonds. The average Bonchev–Trinajstić information content (AvgIpc) is 4.21. The molecule has 1 saturated heterocycles. The lowest BCUT2D eigenvalue weighted by Gasteiger charge is -2.24. The van der Waals surface area contributed by atoms with Gasteiger partial charge in [0, 0.05) is 25.4 Å². The summed E-state index contributed by atoms with van der Waals surface area (Å²) in [7, 11) is 9.00. The minimum absolute atomic E-state index is 0. The summed E-state index contributed by atoms with van der Waals surface area (Å²) in [6, 6.07) is 20.9. The molecule has 0 unspecified atom stereocenters. The molecule has 2 aromatic carbocycles. The van der Waals surface area contributed by atoms with Gasteiger partial charge in [-0.3, -0.25) is 4.79 Å². The Bertz CT molecular complexity index is 1130. The standard InChI is InChI=1S/2C8H10.C7H13NO.C5H7NS.2C5H12.C4H10.4C2H6.6CH5N.11CH2O.5H3N/c2*1-2-8-6-4-3-5-7-8;1-7(9)8-5-3-2-4-6-8;1-2-5-3-7-4-6-5;2*1-4-5(2)3;1-4(2)3;21*1-2;;;;;/h2*3-7H,2H2,1H3;2-6H2,1H3;3-4H,2H2,1H3;2*5H,4H2,1-3H3;4H,1-3H3;4*1-2H3;6*2H2,1H3;11*1H2;5*1H3. The van der Waals surface area contributed by atoms with E-state index in [-0.39, 0.29) is 36.7 Å². The van der Waals surface area contributed by atoms with Crippen LogP contribution in [0.25, 0.3) is 0 Å². The third-order valence-corrected chi connectivity index (χ3v) is 7.42. The zero-order valence-corrected chi connectivity index (χ0v) is 66.5. The second-order valence-corrected chi connectivity index (χ2v) is 13.6. The van der Waals surface area contributed by atoms with Crippen LogP contribution in [-0.2, 0) is 76.8 Å². The summed E-state index contributed by atoms with van der Waals surface area (Å²) in [5.41, 5.74) is 32.9. The van der Waals surface area contributed by atoms with Gasteiger partial charge in [0.25, 0.3) is 0 Å². The SMILES string of the molecule is C=O.C=O.C=O.C=O.C=O.C=O.C=O.C=O.C=O.C=O.C=O.CC.CC.CC.CC.CC(=O)N1CCCCC1.CC(C)C.CCC(C)C.CCC(C)C.CCc1ccccc1.CCc1ccccc1.CCc1cscn1.CN.CN.CN.CN.CN.CN.N.N.N.N.N.